The molecule has 1 aromatic heterocycles. The Morgan fingerprint density at radius 1 is 1.35 bits per heavy atom. The minimum absolute atomic E-state index is 0.0402. The van der Waals surface area contributed by atoms with E-state index in [1.54, 1.807) is 6.07 Å². The summed E-state index contributed by atoms with van der Waals surface area (Å²) in [4.78, 5) is 15.1. The van der Waals surface area contributed by atoms with Gasteiger partial charge in [0, 0.05) is 18.2 Å². The van der Waals surface area contributed by atoms with Gasteiger partial charge in [-0.05, 0) is 32.8 Å². The van der Waals surface area contributed by atoms with Crippen LogP contribution in [0.5, 0.6) is 0 Å². The molecule has 0 bridgehead atoms. The second-order valence-corrected chi connectivity index (χ2v) is 5.60. The molecule has 0 aliphatic heterocycles. The number of pyridine rings is 1. The minimum Gasteiger partial charge on any atom is -0.370 e. The summed E-state index contributed by atoms with van der Waals surface area (Å²) in [5, 5.41) is 17.5. The molecule has 1 heterocycles. The van der Waals surface area contributed by atoms with Crippen molar-refractivity contribution in [3.63, 3.8) is 0 Å². The zero-order valence-corrected chi connectivity index (χ0v) is 12.1. The SMILES string of the molecule is CCNc1ccc([N+](=O)[O-])c(NC2(C)CCCCC2)n1. The summed E-state index contributed by atoms with van der Waals surface area (Å²) < 4.78 is 0. The van der Waals surface area contributed by atoms with E-state index in [0.717, 1.165) is 32.2 Å². The van der Waals surface area contributed by atoms with E-state index in [2.05, 4.69) is 22.5 Å². The molecule has 2 rings (SSSR count). The summed E-state index contributed by atoms with van der Waals surface area (Å²) in [5.41, 5.74) is -0.0561. The molecule has 1 saturated carbocycles. The summed E-state index contributed by atoms with van der Waals surface area (Å²) in [6.07, 6.45) is 5.60. The van der Waals surface area contributed by atoms with E-state index in [4.69, 9.17) is 0 Å². The van der Waals surface area contributed by atoms with Gasteiger partial charge >= 0.3 is 5.69 Å². The average molecular weight is 278 g/mol. The third-order valence-corrected chi connectivity index (χ3v) is 3.81. The zero-order valence-electron chi connectivity index (χ0n) is 12.1. The van der Waals surface area contributed by atoms with Gasteiger partial charge in [-0.2, -0.15) is 0 Å². The van der Waals surface area contributed by atoms with Gasteiger partial charge in [0.25, 0.3) is 0 Å². The Labute approximate surface area is 119 Å². The zero-order chi connectivity index (χ0) is 14.6. The lowest BCUT2D eigenvalue weighted by molar-refractivity contribution is -0.384. The van der Waals surface area contributed by atoms with E-state index < -0.39 is 0 Å². The first kappa shape index (κ1) is 14.6. The molecule has 1 aromatic rings. The predicted molar refractivity (Wildman–Crippen MR) is 80.2 cm³/mol. The van der Waals surface area contributed by atoms with Crippen molar-refractivity contribution in [1.29, 1.82) is 0 Å². The molecule has 0 amide bonds. The van der Waals surface area contributed by atoms with Crippen molar-refractivity contribution in [2.75, 3.05) is 17.2 Å². The molecule has 0 aromatic carbocycles. The third kappa shape index (κ3) is 3.37. The van der Waals surface area contributed by atoms with Gasteiger partial charge in [-0.1, -0.05) is 19.3 Å². The van der Waals surface area contributed by atoms with E-state index in [-0.39, 0.29) is 16.1 Å². The molecule has 0 unspecified atom stereocenters. The Morgan fingerprint density at radius 3 is 2.65 bits per heavy atom. The number of anilines is 2. The number of aromatic nitrogens is 1. The van der Waals surface area contributed by atoms with E-state index in [9.17, 15) is 10.1 Å². The lowest BCUT2D eigenvalue weighted by atomic mass is 9.83. The molecule has 0 saturated heterocycles. The van der Waals surface area contributed by atoms with Crippen LogP contribution < -0.4 is 10.6 Å². The topological polar surface area (TPSA) is 80.1 Å². The first-order chi connectivity index (χ1) is 9.54. The molecule has 2 N–H and O–H groups in total. The summed E-state index contributed by atoms with van der Waals surface area (Å²) in [5.74, 6) is 1.04. The first-order valence-electron chi connectivity index (χ1n) is 7.21. The molecule has 6 heteroatoms. The third-order valence-electron chi connectivity index (χ3n) is 3.81. The van der Waals surface area contributed by atoms with Crippen molar-refractivity contribution in [2.24, 2.45) is 0 Å². The van der Waals surface area contributed by atoms with Crippen LogP contribution in [-0.2, 0) is 0 Å². The number of hydrogen-bond donors (Lipinski definition) is 2. The van der Waals surface area contributed by atoms with E-state index in [1.807, 2.05) is 6.92 Å². The lowest BCUT2D eigenvalue weighted by Gasteiger charge is -2.34. The van der Waals surface area contributed by atoms with Crippen LogP contribution in [-0.4, -0.2) is 22.0 Å². The van der Waals surface area contributed by atoms with Gasteiger partial charge in [-0.3, -0.25) is 10.1 Å². The fourth-order valence-corrected chi connectivity index (χ4v) is 2.71. The number of nitro groups is 1. The van der Waals surface area contributed by atoms with Gasteiger partial charge < -0.3 is 10.6 Å². The van der Waals surface area contributed by atoms with Crippen LogP contribution in [0.4, 0.5) is 17.3 Å². The summed E-state index contributed by atoms with van der Waals surface area (Å²) >= 11 is 0. The van der Waals surface area contributed by atoms with Crippen LogP contribution in [0.15, 0.2) is 12.1 Å². The maximum atomic E-state index is 11.1. The van der Waals surface area contributed by atoms with E-state index >= 15 is 0 Å². The average Bonchev–Trinajstić information content (AvgIpc) is 2.39. The van der Waals surface area contributed by atoms with Crippen LogP contribution in [0.2, 0.25) is 0 Å². The maximum absolute atomic E-state index is 11.1. The Kier molecular flexibility index (Phi) is 4.42. The molecule has 1 aliphatic carbocycles. The van der Waals surface area contributed by atoms with Crippen molar-refractivity contribution in [1.82, 2.24) is 4.98 Å². The second kappa shape index (κ2) is 6.07. The highest BCUT2D eigenvalue weighted by atomic mass is 16.6. The molecule has 0 radical (unpaired) electrons. The van der Waals surface area contributed by atoms with Crippen molar-refractivity contribution in [3.05, 3.63) is 22.2 Å². The van der Waals surface area contributed by atoms with Crippen molar-refractivity contribution < 1.29 is 4.92 Å². The quantitative estimate of drug-likeness (QED) is 0.636. The van der Waals surface area contributed by atoms with E-state index in [0.29, 0.717) is 11.6 Å². The number of nitrogens with one attached hydrogen (secondary N) is 2. The number of nitrogens with zero attached hydrogens (tertiary/aromatic N) is 2. The van der Waals surface area contributed by atoms with Crippen LogP contribution in [0, 0.1) is 10.1 Å². The normalized spacial score (nSPS) is 17.5. The molecule has 0 atom stereocenters. The largest absolute Gasteiger partial charge is 0.370 e. The molecule has 1 aliphatic rings. The van der Waals surface area contributed by atoms with Crippen LogP contribution in [0.3, 0.4) is 0 Å². The molecule has 0 spiro atoms. The molecular weight excluding hydrogens is 256 g/mol. The summed E-state index contributed by atoms with van der Waals surface area (Å²) in [6, 6.07) is 3.16. The number of hydrogen-bond acceptors (Lipinski definition) is 5. The first-order valence-corrected chi connectivity index (χ1v) is 7.21. The van der Waals surface area contributed by atoms with Crippen LogP contribution >= 0.6 is 0 Å². The second-order valence-electron chi connectivity index (χ2n) is 5.60. The van der Waals surface area contributed by atoms with Crippen molar-refractivity contribution in [3.8, 4) is 0 Å². The molecule has 110 valence electrons. The molecule has 20 heavy (non-hydrogen) atoms. The van der Waals surface area contributed by atoms with Crippen molar-refractivity contribution in [2.45, 2.75) is 51.5 Å². The fourth-order valence-electron chi connectivity index (χ4n) is 2.71. The standard InChI is InChI=1S/C14H22N4O2/c1-3-15-12-8-7-11(18(19)20)13(16-12)17-14(2)9-5-4-6-10-14/h7-8H,3-6,9-10H2,1-2H3,(H2,15,16,17). The summed E-state index contributed by atoms with van der Waals surface area (Å²) in [6.45, 7) is 4.83. The Balaban J connectivity index is 2.27. The van der Waals surface area contributed by atoms with Crippen LogP contribution in [0.1, 0.15) is 46.0 Å². The van der Waals surface area contributed by atoms with Gasteiger partial charge in [-0.25, -0.2) is 4.98 Å². The van der Waals surface area contributed by atoms with Gasteiger partial charge in [0.05, 0.1) is 4.92 Å². The molecule has 1 fully saturated rings. The van der Waals surface area contributed by atoms with Gasteiger partial charge in [0.15, 0.2) is 0 Å². The Bertz CT molecular complexity index is 484. The molecule has 6 nitrogen and oxygen atoms in total. The van der Waals surface area contributed by atoms with Gasteiger partial charge in [-0.15, -0.1) is 0 Å². The maximum Gasteiger partial charge on any atom is 0.311 e. The molecular formula is C14H22N4O2. The van der Waals surface area contributed by atoms with Crippen molar-refractivity contribution >= 4 is 17.3 Å². The minimum atomic E-state index is -0.378. The van der Waals surface area contributed by atoms with E-state index in [1.165, 1.54) is 12.5 Å². The fraction of sp³-hybridized carbons (Fsp3) is 0.643. The predicted octanol–water partition coefficient (Wildman–Crippen LogP) is 3.56. The highest BCUT2D eigenvalue weighted by Gasteiger charge is 2.29. The van der Waals surface area contributed by atoms with Gasteiger partial charge in [0.1, 0.15) is 5.82 Å². The van der Waals surface area contributed by atoms with Gasteiger partial charge in [0.2, 0.25) is 5.82 Å². The lowest BCUT2D eigenvalue weighted by Crippen LogP contribution is -2.37. The Hall–Kier alpha value is -1.85. The summed E-state index contributed by atoms with van der Waals surface area (Å²) in [7, 11) is 0. The highest BCUT2D eigenvalue weighted by Crippen LogP contribution is 2.34. The smallest absolute Gasteiger partial charge is 0.311 e. The number of rotatable bonds is 5. The monoisotopic (exact) mass is 278 g/mol. The van der Waals surface area contributed by atoms with Crippen LogP contribution in [0.25, 0.3) is 0 Å². The Morgan fingerprint density at radius 2 is 2.05 bits per heavy atom. The highest BCUT2D eigenvalue weighted by molar-refractivity contribution is 5.61.